The third kappa shape index (κ3) is 6.02. The van der Waals surface area contributed by atoms with E-state index in [9.17, 15) is 0 Å². The van der Waals surface area contributed by atoms with E-state index in [1.807, 2.05) is 30.3 Å². The van der Waals surface area contributed by atoms with Crippen molar-refractivity contribution in [3.63, 3.8) is 0 Å². The fourth-order valence-electron chi connectivity index (χ4n) is 5.99. The summed E-state index contributed by atoms with van der Waals surface area (Å²) in [5.74, 6) is 2.08. The molecule has 0 atom stereocenters. The Morgan fingerprint density at radius 1 is 0.780 bits per heavy atom. The Hall–Kier alpha value is -4.06. The zero-order valence-electron chi connectivity index (χ0n) is 23.8. The molecule has 0 unspecified atom stereocenters. The molecule has 2 heterocycles. The number of ether oxygens (including phenoxy) is 4. The van der Waals surface area contributed by atoms with Gasteiger partial charge in [-0.15, -0.1) is 0 Å². The van der Waals surface area contributed by atoms with Crippen molar-refractivity contribution < 1.29 is 18.9 Å². The smallest absolute Gasteiger partial charge is 0.159 e. The van der Waals surface area contributed by atoms with E-state index < -0.39 is 0 Å². The van der Waals surface area contributed by atoms with Crippen LogP contribution in [0.5, 0.6) is 11.5 Å². The van der Waals surface area contributed by atoms with Crippen molar-refractivity contribution in [2.75, 3.05) is 38.8 Å². The van der Waals surface area contributed by atoms with Gasteiger partial charge in [0.1, 0.15) is 24.7 Å². The molecule has 0 aliphatic carbocycles. The molecule has 0 saturated carbocycles. The predicted octanol–water partition coefficient (Wildman–Crippen LogP) is 7.45. The van der Waals surface area contributed by atoms with Crippen LogP contribution < -0.4 is 14.4 Å². The van der Waals surface area contributed by atoms with Gasteiger partial charge in [0, 0.05) is 56.1 Å². The van der Waals surface area contributed by atoms with E-state index in [0.29, 0.717) is 19.1 Å². The van der Waals surface area contributed by atoms with E-state index in [1.54, 1.807) is 14.2 Å². The molecule has 5 heteroatoms. The number of hydrogen-bond acceptors (Lipinski definition) is 5. The van der Waals surface area contributed by atoms with Gasteiger partial charge in [0.2, 0.25) is 0 Å². The minimum atomic E-state index is -0.124. The van der Waals surface area contributed by atoms with Crippen molar-refractivity contribution in [1.29, 1.82) is 0 Å². The fourth-order valence-corrected chi connectivity index (χ4v) is 5.99. The molecule has 1 saturated heterocycles. The van der Waals surface area contributed by atoms with E-state index in [-0.39, 0.29) is 6.29 Å². The molecular weight excluding hydrogens is 510 g/mol. The summed E-state index contributed by atoms with van der Waals surface area (Å²) in [6, 6.07) is 36.0. The van der Waals surface area contributed by atoms with E-state index in [2.05, 4.69) is 77.7 Å². The third-order valence-corrected chi connectivity index (χ3v) is 8.18. The van der Waals surface area contributed by atoms with Gasteiger partial charge in [0.25, 0.3) is 0 Å². The molecule has 4 aromatic rings. The second-order valence-corrected chi connectivity index (χ2v) is 10.7. The first-order chi connectivity index (χ1) is 20.2. The molecule has 2 aliphatic heterocycles. The highest BCUT2D eigenvalue weighted by Crippen LogP contribution is 2.43. The van der Waals surface area contributed by atoms with Crippen molar-refractivity contribution in [2.45, 2.75) is 25.7 Å². The van der Waals surface area contributed by atoms with Crippen molar-refractivity contribution in [3.05, 3.63) is 125 Å². The third-order valence-electron chi connectivity index (χ3n) is 8.18. The topological polar surface area (TPSA) is 40.2 Å². The van der Waals surface area contributed by atoms with Crippen LogP contribution in [0.3, 0.4) is 0 Å². The van der Waals surface area contributed by atoms with Gasteiger partial charge in [-0.25, -0.2) is 0 Å². The average Bonchev–Trinajstić information content (AvgIpc) is 3.05. The predicted molar refractivity (Wildman–Crippen MR) is 164 cm³/mol. The number of benzene rings is 4. The largest absolute Gasteiger partial charge is 0.489 e. The Morgan fingerprint density at radius 2 is 1.46 bits per heavy atom. The first-order valence-electron chi connectivity index (χ1n) is 14.4. The molecule has 6 rings (SSSR count). The summed E-state index contributed by atoms with van der Waals surface area (Å²) in [4.78, 5) is 2.46. The summed E-state index contributed by atoms with van der Waals surface area (Å²) in [6.07, 6.45) is 1.98. The number of piperidine rings is 1. The van der Waals surface area contributed by atoms with Crippen LogP contribution in [0.25, 0.3) is 11.1 Å². The lowest BCUT2D eigenvalue weighted by Gasteiger charge is -2.36. The highest BCUT2D eigenvalue weighted by Gasteiger charge is 2.27. The molecule has 0 N–H and O–H groups in total. The second-order valence-electron chi connectivity index (χ2n) is 10.7. The molecule has 0 bridgehead atoms. The minimum Gasteiger partial charge on any atom is -0.489 e. The summed E-state index contributed by atoms with van der Waals surface area (Å²) < 4.78 is 23.5. The summed E-state index contributed by atoms with van der Waals surface area (Å²) in [5.41, 5.74) is 8.23. The Balaban J connectivity index is 1.27. The maximum Gasteiger partial charge on any atom is 0.159 e. The molecule has 1 fully saturated rings. The highest BCUT2D eigenvalue weighted by atomic mass is 16.7. The molecule has 0 amide bonds. The van der Waals surface area contributed by atoms with E-state index >= 15 is 0 Å². The van der Waals surface area contributed by atoms with Crippen LogP contribution in [0.15, 0.2) is 103 Å². The summed E-state index contributed by atoms with van der Waals surface area (Å²) in [5, 5.41) is 0. The molecule has 210 valence electrons. The normalized spacial score (nSPS) is 15.5. The number of anilines is 1. The first kappa shape index (κ1) is 27.1. The molecule has 2 aliphatic rings. The quantitative estimate of drug-likeness (QED) is 0.204. The molecule has 0 aromatic heterocycles. The van der Waals surface area contributed by atoms with Crippen LogP contribution in [0, 0.1) is 5.92 Å². The molecule has 0 radical (unpaired) electrons. The van der Waals surface area contributed by atoms with Gasteiger partial charge < -0.3 is 23.8 Å². The van der Waals surface area contributed by atoms with Gasteiger partial charge >= 0.3 is 0 Å². The molecular formula is C36H37NO4. The van der Waals surface area contributed by atoms with Gasteiger partial charge in [-0.1, -0.05) is 72.8 Å². The first-order valence-corrected chi connectivity index (χ1v) is 14.4. The standard InChI is InChI=1S/C36H37NO4/c1-38-36(39-2)29-19-21-37(22-20-29)30-15-13-28(14-16-30)35-32-18-17-31(40-24-26-9-5-3-6-10-26)23-34(32)41-25-33(35)27-11-7-4-8-12-27/h3-18,23,29,36H,19-22,24-25H2,1-2H3. The zero-order chi connectivity index (χ0) is 28.0. The van der Waals surface area contributed by atoms with Crippen LogP contribution >= 0.6 is 0 Å². The summed E-state index contributed by atoms with van der Waals surface area (Å²) in [7, 11) is 3.45. The Kier molecular flexibility index (Phi) is 8.36. The molecule has 0 spiro atoms. The second kappa shape index (κ2) is 12.6. The average molecular weight is 548 g/mol. The zero-order valence-corrected chi connectivity index (χ0v) is 23.8. The van der Waals surface area contributed by atoms with E-state index in [4.69, 9.17) is 18.9 Å². The van der Waals surface area contributed by atoms with Gasteiger partial charge in [0.15, 0.2) is 6.29 Å². The van der Waals surface area contributed by atoms with Gasteiger partial charge in [-0.2, -0.15) is 0 Å². The number of nitrogens with zero attached hydrogens (tertiary/aromatic N) is 1. The van der Waals surface area contributed by atoms with Gasteiger partial charge in [-0.05, 0) is 59.4 Å². The lowest BCUT2D eigenvalue weighted by atomic mass is 9.87. The molecule has 4 aromatic carbocycles. The fraction of sp³-hybridized carbons (Fsp3) is 0.278. The van der Waals surface area contributed by atoms with Crippen LogP contribution in [0.2, 0.25) is 0 Å². The Morgan fingerprint density at radius 3 is 2.15 bits per heavy atom. The van der Waals surface area contributed by atoms with E-state index in [0.717, 1.165) is 48.6 Å². The van der Waals surface area contributed by atoms with Crippen LogP contribution in [0.1, 0.15) is 35.1 Å². The van der Waals surface area contributed by atoms with Crippen LogP contribution in [-0.2, 0) is 16.1 Å². The summed E-state index contributed by atoms with van der Waals surface area (Å²) >= 11 is 0. The van der Waals surface area contributed by atoms with Gasteiger partial charge in [-0.3, -0.25) is 0 Å². The van der Waals surface area contributed by atoms with Gasteiger partial charge in [0.05, 0.1) is 0 Å². The van der Waals surface area contributed by atoms with Crippen molar-refractivity contribution in [1.82, 2.24) is 0 Å². The maximum atomic E-state index is 6.34. The SMILES string of the molecule is COC(OC)C1CCN(c2ccc(C3=C(c4ccccc4)COc4cc(OCc5ccccc5)ccc43)cc2)CC1. The minimum absolute atomic E-state index is 0.124. The molecule has 41 heavy (non-hydrogen) atoms. The number of hydrogen-bond donors (Lipinski definition) is 0. The highest BCUT2D eigenvalue weighted by molar-refractivity contribution is 6.01. The molecule has 5 nitrogen and oxygen atoms in total. The van der Waals surface area contributed by atoms with E-state index in [1.165, 1.54) is 28.0 Å². The van der Waals surface area contributed by atoms with Crippen LogP contribution in [-0.4, -0.2) is 40.2 Å². The Bertz CT molecular complexity index is 1450. The number of methoxy groups -OCH3 is 2. The number of rotatable bonds is 9. The van der Waals surface area contributed by atoms with Crippen molar-refractivity contribution >= 4 is 16.8 Å². The van der Waals surface area contributed by atoms with Crippen LogP contribution in [0.4, 0.5) is 5.69 Å². The monoisotopic (exact) mass is 547 g/mol. The lowest BCUT2D eigenvalue weighted by molar-refractivity contribution is -0.141. The maximum absolute atomic E-state index is 6.34. The number of fused-ring (bicyclic) bond motifs is 1. The Labute approximate surface area is 242 Å². The summed E-state index contributed by atoms with van der Waals surface area (Å²) in [6.45, 7) is 3.01. The lowest BCUT2D eigenvalue weighted by Crippen LogP contribution is -2.39. The van der Waals surface area contributed by atoms with Crippen molar-refractivity contribution in [3.8, 4) is 11.5 Å². The van der Waals surface area contributed by atoms with Crippen molar-refractivity contribution in [2.24, 2.45) is 5.92 Å².